The smallest absolute Gasteiger partial charge is 0.243 e. The number of ether oxygens (including phenoxy) is 1. The molecule has 1 aliphatic heterocycles. The van der Waals surface area contributed by atoms with Gasteiger partial charge >= 0.3 is 0 Å². The number of amides is 1. The molecule has 1 atom stereocenters. The zero-order valence-electron chi connectivity index (χ0n) is 17.8. The van der Waals surface area contributed by atoms with Crippen molar-refractivity contribution in [1.82, 2.24) is 9.62 Å². The fourth-order valence-corrected chi connectivity index (χ4v) is 5.27. The van der Waals surface area contributed by atoms with Crippen molar-refractivity contribution < 1.29 is 17.9 Å². The van der Waals surface area contributed by atoms with Gasteiger partial charge in [0.05, 0.1) is 17.4 Å². The molecule has 0 saturated carbocycles. The molecule has 0 radical (unpaired) electrons. The Labute approximate surface area is 179 Å². The molecule has 0 unspecified atom stereocenters. The maximum atomic E-state index is 13.1. The standard InChI is InChI=1S/C23H30N2O4S/c1-4-29-22-12-11-21(14-18(22)3)30(27,28)25-13-5-6-20(16-25)23(26)24-15-19-9-7-17(2)8-10-19/h7-12,14,20H,4-6,13,15-16H2,1-3H3,(H,24,26)/t20-/m0/s1. The molecule has 2 aromatic carbocycles. The van der Waals surface area contributed by atoms with Crippen LogP contribution in [0, 0.1) is 19.8 Å². The average Bonchev–Trinajstić information content (AvgIpc) is 2.74. The van der Waals surface area contributed by atoms with E-state index in [0.717, 1.165) is 11.1 Å². The Balaban J connectivity index is 1.66. The Hall–Kier alpha value is -2.38. The summed E-state index contributed by atoms with van der Waals surface area (Å²) in [6, 6.07) is 12.9. The minimum absolute atomic E-state index is 0.0988. The molecule has 0 aliphatic carbocycles. The van der Waals surface area contributed by atoms with Crippen molar-refractivity contribution in [2.75, 3.05) is 19.7 Å². The molecular weight excluding hydrogens is 400 g/mol. The third-order valence-corrected chi connectivity index (χ3v) is 7.29. The lowest BCUT2D eigenvalue weighted by Crippen LogP contribution is -2.45. The summed E-state index contributed by atoms with van der Waals surface area (Å²) in [6.45, 7) is 7.35. The van der Waals surface area contributed by atoms with E-state index in [1.54, 1.807) is 18.2 Å². The number of rotatable bonds is 7. The lowest BCUT2D eigenvalue weighted by Gasteiger charge is -2.31. The Morgan fingerprint density at radius 1 is 1.17 bits per heavy atom. The third-order valence-electron chi connectivity index (χ3n) is 5.43. The first kappa shape index (κ1) is 22.3. The van der Waals surface area contributed by atoms with Gasteiger partial charge < -0.3 is 10.1 Å². The van der Waals surface area contributed by atoms with Gasteiger partial charge in [0.15, 0.2) is 0 Å². The van der Waals surface area contributed by atoms with Crippen molar-refractivity contribution >= 4 is 15.9 Å². The van der Waals surface area contributed by atoms with E-state index in [2.05, 4.69) is 5.32 Å². The fourth-order valence-electron chi connectivity index (χ4n) is 3.66. The van der Waals surface area contributed by atoms with Gasteiger partial charge in [-0.3, -0.25) is 4.79 Å². The average molecular weight is 431 g/mol. The van der Waals surface area contributed by atoms with Crippen LogP contribution in [-0.2, 0) is 21.4 Å². The largest absolute Gasteiger partial charge is 0.494 e. The molecule has 0 spiro atoms. The van der Waals surface area contributed by atoms with E-state index >= 15 is 0 Å². The molecule has 1 aliphatic rings. The summed E-state index contributed by atoms with van der Waals surface area (Å²) >= 11 is 0. The molecule has 1 saturated heterocycles. The molecule has 1 amide bonds. The van der Waals surface area contributed by atoms with E-state index in [0.29, 0.717) is 38.3 Å². The van der Waals surface area contributed by atoms with E-state index in [9.17, 15) is 13.2 Å². The highest BCUT2D eigenvalue weighted by atomic mass is 32.2. The molecule has 1 heterocycles. The highest BCUT2D eigenvalue weighted by molar-refractivity contribution is 7.89. The molecule has 1 N–H and O–H groups in total. The van der Waals surface area contributed by atoms with Gasteiger partial charge in [-0.2, -0.15) is 4.31 Å². The number of benzene rings is 2. The lowest BCUT2D eigenvalue weighted by atomic mass is 9.98. The van der Waals surface area contributed by atoms with Gasteiger partial charge in [0.1, 0.15) is 5.75 Å². The van der Waals surface area contributed by atoms with E-state index in [-0.39, 0.29) is 23.3 Å². The van der Waals surface area contributed by atoms with Crippen LogP contribution in [0.2, 0.25) is 0 Å². The summed E-state index contributed by atoms with van der Waals surface area (Å²) in [7, 11) is -3.66. The van der Waals surface area contributed by atoms with Crippen LogP contribution in [0.25, 0.3) is 0 Å². The number of aryl methyl sites for hydroxylation is 2. The Morgan fingerprint density at radius 2 is 1.90 bits per heavy atom. The first-order chi connectivity index (χ1) is 14.3. The normalized spacial score (nSPS) is 17.5. The molecule has 0 bridgehead atoms. The van der Waals surface area contributed by atoms with Gasteiger partial charge in [-0.25, -0.2) is 8.42 Å². The summed E-state index contributed by atoms with van der Waals surface area (Å²) in [6.07, 6.45) is 1.35. The summed E-state index contributed by atoms with van der Waals surface area (Å²) in [5.41, 5.74) is 2.98. The number of nitrogens with zero attached hydrogens (tertiary/aromatic N) is 1. The number of nitrogens with one attached hydrogen (secondary N) is 1. The highest BCUT2D eigenvalue weighted by Crippen LogP contribution is 2.27. The molecule has 30 heavy (non-hydrogen) atoms. The zero-order chi connectivity index (χ0) is 21.7. The van der Waals surface area contributed by atoms with Crippen molar-refractivity contribution in [3.63, 3.8) is 0 Å². The summed E-state index contributed by atoms with van der Waals surface area (Å²) < 4.78 is 33.2. The zero-order valence-corrected chi connectivity index (χ0v) is 18.7. The first-order valence-electron chi connectivity index (χ1n) is 10.4. The van der Waals surface area contributed by atoms with Gasteiger partial charge in [0.2, 0.25) is 15.9 Å². The molecule has 6 nitrogen and oxygen atoms in total. The minimum Gasteiger partial charge on any atom is -0.494 e. The van der Waals surface area contributed by atoms with Crippen molar-refractivity contribution in [2.24, 2.45) is 5.92 Å². The van der Waals surface area contributed by atoms with Crippen LogP contribution in [-0.4, -0.2) is 38.3 Å². The predicted octanol–water partition coefficient (Wildman–Crippen LogP) is 3.42. The number of piperidine rings is 1. The van der Waals surface area contributed by atoms with Crippen molar-refractivity contribution in [3.05, 3.63) is 59.2 Å². The Kier molecular flexibility index (Phi) is 7.15. The second-order valence-electron chi connectivity index (χ2n) is 7.77. The van der Waals surface area contributed by atoms with E-state index in [1.165, 1.54) is 9.87 Å². The molecular formula is C23H30N2O4S. The summed E-state index contributed by atoms with van der Waals surface area (Å²) in [4.78, 5) is 12.9. The van der Waals surface area contributed by atoms with Crippen LogP contribution in [0.4, 0.5) is 0 Å². The quantitative estimate of drug-likeness (QED) is 0.730. The topological polar surface area (TPSA) is 75.7 Å². The van der Waals surface area contributed by atoms with E-state index < -0.39 is 10.0 Å². The van der Waals surface area contributed by atoms with Crippen LogP contribution in [0.5, 0.6) is 5.75 Å². The maximum Gasteiger partial charge on any atom is 0.243 e. The van der Waals surface area contributed by atoms with Crippen molar-refractivity contribution in [1.29, 1.82) is 0 Å². The van der Waals surface area contributed by atoms with Gasteiger partial charge in [0.25, 0.3) is 0 Å². The first-order valence-corrected chi connectivity index (χ1v) is 11.8. The Morgan fingerprint density at radius 3 is 2.57 bits per heavy atom. The second kappa shape index (κ2) is 9.62. The number of sulfonamides is 1. The van der Waals surface area contributed by atoms with Crippen LogP contribution in [0.1, 0.15) is 36.5 Å². The predicted molar refractivity (Wildman–Crippen MR) is 117 cm³/mol. The van der Waals surface area contributed by atoms with Gasteiger partial charge in [-0.1, -0.05) is 29.8 Å². The second-order valence-corrected chi connectivity index (χ2v) is 9.70. The SMILES string of the molecule is CCOc1ccc(S(=O)(=O)N2CCC[C@H](C(=O)NCc3ccc(C)cc3)C2)cc1C. The summed E-state index contributed by atoms with van der Waals surface area (Å²) in [5.74, 6) is 0.240. The molecule has 1 fully saturated rings. The van der Waals surface area contributed by atoms with Crippen LogP contribution < -0.4 is 10.1 Å². The van der Waals surface area contributed by atoms with Crippen LogP contribution >= 0.6 is 0 Å². The number of hydrogen-bond acceptors (Lipinski definition) is 4. The van der Waals surface area contributed by atoms with Crippen molar-refractivity contribution in [3.8, 4) is 5.75 Å². The van der Waals surface area contributed by atoms with Gasteiger partial charge in [0, 0.05) is 19.6 Å². The number of carbonyl (C=O) groups is 1. The summed E-state index contributed by atoms with van der Waals surface area (Å²) in [5, 5.41) is 2.95. The highest BCUT2D eigenvalue weighted by Gasteiger charge is 2.33. The molecule has 162 valence electrons. The van der Waals surface area contributed by atoms with Gasteiger partial charge in [-0.15, -0.1) is 0 Å². The van der Waals surface area contributed by atoms with Gasteiger partial charge in [-0.05, 0) is 62.9 Å². The third kappa shape index (κ3) is 5.21. The minimum atomic E-state index is -3.66. The van der Waals surface area contributed by atoms with E-state index in [4.69, 9.17) is 4.74 Å². The Bertz CT molecular complexity index is 987. The number of carbonyl (C=O) groups excluding carboxylic acids is 1. The monoisotopic (exact) mass is 430 g/mol. The molecule has 2 aromatic rings. The molecule has 0 aromatic heterocycles. The van der Waals surface area contributed by atoms with Crippen LogP contribution in [0.15, 0.2) is 47.4 Å². The lowest BCUT2D eigenvalue weighted by molar-refractivity contribution is -0.126. The fraction of sp³-hybridized carbons (Fsp3) is 0.435. The van der Waals surface area contributed by atoms with Crippen LogP contribution in [0.3, 0.4) is 0 Å². The van der Waals surface area contributed by atoms with Crippen molar-refractivity contribution in [2.45, 2.75) is 45.1 Å². The maximum absolute atomic E-state index is 13.1. The molecule has 3 rings (SSSR count). The number of hydrogen-bond donors (Lipinski definition) is 1. The molecule has 7 heteroatoms. The van der Waals surface area contributed by atoms with E-state index in [1.807, 2.05) is 45.0 Å².